The third-order valence-corrected chi connectivity index (χ3v) is 5.15. The van der Waals surface area contributed by atoms with Crippen molar-refractivity contribution >= 4 is 5.97 Å². The Balaban J connectivity index is 1.38. The molecule has 32 heavy (non-hydrogen) atoms. The van der Waals surface area contributed by atoms with Crippen molar-refractivity contribution < 1.29 is 9.90 Å². The highest BCUT2D eigenvalue weighted by molar-refractivity contribution is 5.87. The van der Waals surface area contributed by atoms with Gasteiger partial charge in [-0.15, -0.1) is 0 Å². The molecule has 0 aliphatic heterocycles. The number of rotatable bonds is 6. The summed E-state index contributed by atoms with van der Waals surface area (Å²) in [7, 11) is 0. The monoisotopic (exact) mass is 421 g/mol. The van der Waals surface area contributed by atoms with E-state index in [2.05, 4.69) is 20.1 Å². The van der Waals surface area contributed by atoms with Gasteiger partial charge in [-0.05, 0) is 41.0 Å². The van der Waals surface area contributed by atoms with Crippen LogP contribution >= 0.6 is 0 Å². The number of carbonyl (C=O) groups is 1. The van der Waals surface area contributed by atoms with E-state index in [-0.39, 0.29) is 5.56 Å². The average molecular weight is 421 g/mol. The Morgan fingerprint density at radius 1 is 0.906 bits per heavy atom. The van der Waals surface area contributed by atoms with E-state index in [0.29, 0.717) is 12.4 Å². The van der Waals surface area contributed by atoms with Crippen LogP contribution in [-0.4, -0.2) is 35.8 Å². The van der Waals surface area contributed by atoms with Crippen LogP contribution in [0.1, 0.15) is 15.9 Å². The summed E-state index contributed by atoms with van der Waals surface area (Å²) in [6.07, 6.45) is 7.28. The van der Waals surface area contributed by atoms with Crippen molar-refractivity contribution in [1.82, 2.24) is 24.7 Å². The number of benzene rings is 2. The molecule has 0 aliphatic rings. The fourth-order valence-electron chi connectivity index (χ4n) is 3.54. The lowest BCUT2D eigenvalue weighted by Gasteiger charge is -2.03. The van der Waals surface area contributed by atoms with E-state index in [1.807, 2.05) is 60.9 Å². The van der Waals surface area contributed by atoms with Gasteiger partial charge in [0.2, 0.25) is 0 Å². The maximum atomic E-state index is 11.2. The quantitative estimate of drug-likeness (QED) is 0.412. The first kappa shape index (κ1) is 19.4. The zero-order chi connectivity index (χ0) is 21.9. The smallest absolute Gasteiger partial charge is 0.335 e. The number of H-pyrrole nitrogens is 1. The molecule has 0 saturated carbocycles. The molecule has 2 aromatic carbocycles. The molecule has 156 valence electrons. The van der Waals surface area contributed by atoms with Crippen LogP contribution in [0.3, 0.4) is 0 Å². The second kappa shape index (κ2) is 8.31. The van der Waals surface area contributed by atoms with Crippen molar-refractivity contribution in [2.75, 3.05) is 0 Å². The van der Waals surface area contributed by atoms with Crippen molar-refractivity contribution in [3.63, 3.8) is 0 Å². The summed E-state index contributed by atoms with van der Waals surface area (Å²) < 4.78 is 1.79. The van der Waals surface area contributed by atoms with Crippen LogP contribution in [0.2, 0.25) is 0 Å². The molecule has 5 aromatic rings. The van der Waals surface area contributed by atoms with Gasteiger partial charge < -0.3 is 10.1 Å². The fourth-order valence-corrected chi connectivity index (χ4v) is 3.54. The Labute approximate surface area is 184 Å². The number of carboxylic acids is 1. The van der Waals surface area contributed by atoms with E-state index in [1.54, 1.807) is 35.3 Å². The number of hydrogen-bond donors (Lipinski definition) is 2. The van der Waals surface area contributed by atoms with Crippen molar-refractivity contribution in [2.24, 2.45) is 0 Å². The number of imidazole rings is 1. The molecule has 0 radical (unpaired) electrons. The van der Waals surface area contributed by atoms with Gasteiger partial charge in [-0.1, -0.05) is 42.5 Å². The van der Waals surface area contributed by atoms with Crippen LogP contribution in [0.4, 0.5) is 0 Å². The Morgan fingerprint density at radius 3 is 2.62 bits per heavy atom. The van der Waals surface area contributed by atoms with E-state index in [0.717, 1.165) is 33.6 Å². The topological polar surface area (TPSA) is 96.7 Å². The number of pyridine rings is 1. The van der Waals surface area contributed by atoms with E-state index < -0.39 is 5.97 Å². The molecule has 5 rings (SSSR count). The molecule has 0 unspecified atom stereocenters. The Kier molecular flexibility index (Phi) is 5.05. The summed E-state index contributed by atoms with van der Waals surface area (Å²) in [5, 5.41) is 13.6. The number of aromatic amines is 1. The van der Waals surface area contributed by atoms with Crippen LogP contribution in [0.25, 0.3) is 33.9 Å². The summed E-state index contributed by atoms with van der Waals surface area (Å²) in [5.74, 6) is -0.241. The minimum absolute atomic E-state index is 0.266. The predicted octanol–water partition coefficient (Wildman–Crippen LogP) is 4.75. The van der Waals surface area contributed by atoms with Crippen molar-refractivity contribution in [3.8, 4) is 33.9 Å². The van der Waals surface area contributed by atoms with Gasteiger partial charge in [0, 0.05) is 18.0 Å². The van der Waals surface area contributed by atoms with E-state index >= 15 is 0 Å². The summed E-state index contributed by atoms with van der Waals surface area (Å²) in [6.45, 7) is 0.484. The van der Waals surface area contributed by atoms with Crippen LogP contribution in [0.5, 0.6) is 0 Å². The lowest BCUT2D eigenvalue weighted by atomic mass is 10.1. The average Bonchev–Trinajstić information content (AvgIpc) is 3.50. The van der Waals surface area contributed by atoms with Crippen LogP contribution in [0.15, 0.2) is 91.5 Å². The molecule has 3 heterocycles. The second-order valence-electron chi connectivity index (χ2n) is 7.37. The first-order valence-electron chi connectivity index (χ1n) is 10.1. The number of carboxylic acid groups (broad SMARTS) is 1. The maximum Gasteiger partial charge on any atom is 0.335 e. The highest BCUT2D eigenvalue weighted by Gasteiger charge is 2.10. The highest BCUT2D eigenvalue weighted by atomic mass is 16.4. The number of aromatic carboxylic acids is 1. The van der Waals surface area contributed by atoms with Gasteiger partial charge in [-0.3, -0.25) is 9.67 Å². The third kappa shape index (κ3) is 4.04. The SMILES string of the molecule is O=C(O)c1cccc(Cn2cc(-c3ccnc(-c4ncc(-c5ccccc5)[nH]4)c3)cn2)c1. The van der Waals surface area contributed by atoms with Crippen molar-refractivity contribution in [1.29, 1.82) is 0 Å². The molecule has 0 atom stereocenters. The second-order valence-corrected chi connectivity index (χ2v) is 7.37. The lowest BCUT2D eigenvalue weighted by Crippen LogP contribution is -2.02. The molecule has 0 aliphatic carbocycles. The fraction of sp³-hybridized carbons (Fsp3) is 0.0400. The Bertz CT molecular complexity index is 1390. The zero-order valence-electron chi connectivity index (χ0n) is 17.0. The van der Waals surface area contributed by atoms with Crippen LogP contribution in [0, 0.1) is 0 Å². The molecule has 2 N–H and O–H groups in total. The minimum Gasteiger partial charge on any atom is -0.478 e. The van der Waals surface area contributed by atoms with Gasteiger partial charge in [0.05, 0.1) is 30.2 Å². The highest BCUT2D eigenvalue weighted by Crippen LogP contribution is 2.25. The number of nitrogens with one attached hydrogen (secondary N) is 1. The normalized spacial score (nSPS) is 10.9. The third-order valence-electron chi connectivity index (χ3n) is 5.15. The summed E-state index contributed by atoms with van der Waals surface area (Å²) in [5.41, 5.74) is 5.79. The maximum absolute atomic E-state index is 11.2. The first-order chi connectivity index (χ1) is 15.7. The van der Waals surface area contributed by atoms with Crippen molar-refractivity contribution in [2.45, 2.75) is 6.54 Å². The lowest BCUT2D eigenvalue weighted by molar-refractivity contribution is 0.0696. The van der Waals surface area contributed by atoms with E-state index in [4.69, 9.17) is 0 Å². The molecule has 0 saturated heterocycles. The Hall–Kier alpha value is -4.52. The standard InChI is InChI=1S/C25H19N5O2/c31-25(32)20-8-4-5-17(11-20)15-30-16-21(13-28-30)19-9-10-26-22(12-19)24-27-14-23(29-24)18-6-2-1-3-7-18/h1-14,16H,15H2,(H,27,29)(H,31,32). The molecule has 7 nitrogen and oxygen atoms in total. The van der Waals surface area contributed by atoms with Gasteiger partial charge in [0.1, 0.15) is 5.69 Å². The number of aromatic nitrogens is 5. The first-order valence-corrected chi connectivity index (χ1v) is 10.1. The van der Waals surface area contributed by atoms with Gasteiger partial charge >= 0.3 is 5.97 Å². The van der Waals surface area contributed by atoms with Gasteiger partial charge in [0.15, 0.2) is 5.82 Å². The summed E-state index contributed by atoms with van der Waals surface area (Å²) in [4.78, 5) is 23.5. The predicted molar refractivity (Wildman–Crippen MR) is 121 cm³/mol. The van der Waals surface area contributed by atoms with Gasteiger partial charge in [-0.2, -0.15) is 5.10 Å². The van der Waals surface area contributed by atoms with Crippen molar-refractivity contribution in [3.05, 3.63) is 103 Å². The molecular formula is C25H19N5O2. The molecule has 7 heteroatoms. The molecular weight excluding hydrogens is 402 g/mol. The van der Waals surface area contributed by atoms with Crippen LogP contribution in [-0.2, 0) is 6.54 Å². The van der Waals surface area contributed by atoms with Gasteiger partial charge in [-0.25, -0.2) is 9.78 Å². The molecule has 0 spiro atoms. The van der Waals surface area contributed by atoms with Gasteiger partial charge in [0.25, 0.3) is 0 Å². The Morgan fingerprint density at radius 2 is 1.78 bits per heavy atom. The van der Waals surface area contributed by atoms with E-state index in [9.17, 15) is 9.90 Å². The van der Waals surface area contributed by atoms with Crippen LogP contribution < -0.4 is 0 Å². The number of nitrogens with zero attached hydrogens (tertiary/aromatic N) is 4. The molecule has 3 aromatic heterocycles. The molecule has 0 amide bonds. The summed E-state index contributed by atoms with van der Waals surface area (Å²) >= 11 is 0. The van der Waals surface area contributed by atoms with E-state index in [1.165, 1.54) is 0 Å². The molecule has 0 bridgehead atoms. The number of hydrogen-bond acceptors (Lipinski definition) is 4. The minimum atomic E-state index is -0.939. The summed E-state index contributed by atoms with van der Waals surface area (Å²) in [6, 6.07) is 20.8. The zero-order valence-corrected chi connectivity index (χ0v) is 17.0. The largest absolute Gasteiger partial charge is 0.478 e. The molecule has 0 fully saturated rings.